The lowest BCUT2D eigenvalue weighted by Gasteiger charge is -2.17. The highest BCUT2D eigenvalue weighted by Gasteiger charge is 2.27. The van der Waals surface area contributed by atoms with Gasteiger partial charge in [-0.25, -0.2) is 8.42 Å². The van der Waals surface area contributed by atoms with Crippen molar-refractivity contribution in [3.63, 3.8) is 0 Å². The number of hydrogen-bond donors (Lipinski definition) is 1. The van der Waals surface area contributed by atoms with Gasteiger partial charge in [0.25, 0.3) is 10.0 Å². The molecular weight excluding hydrogens is 416 g/mol. The summed E-state index contributed by atoms with van der Waals surface area (Å²) in [6, 6.07) is 9.76. The highest BCUT2D eigenvalue weighted by Crippen LogP contribution is 2.36. The van der Waals surface area contributed by atoms with Gasteiger partial charge in [-0.1, -0.05) is 17.7 Å². The van der Waals surface area contributed by atoms with Crippen molar-refractivity contribution < 1.29 is 13.2 Å². The normalized spacial score (nSPS) is 13.7. The molecule has 2 aromatic carbocycles. The van der Waals surface area contributed by atoms with Gasteiger partial charge >= 0.3 is 0 Å². The molecule has 0 saturated carbocycles. The second-order valence-corrected chi connectivity index (χ2v) is 8.39. The molecule has 0 spiro atoms. The molecule has 0 fully saturated rings. The maximum absolute atomic E-state index is 12.7. The molecule has 24 heavy (non-hydrogen) atoms. The zero-order valence-electron chi connectivity index (χ0n) is 12.7. The molecule has 0 unspecified atom stereocenters. The smallest absolute Gasteiger partial charge is 0.263 e. The summed E-state index contributed by atoms with van der Waals surface area (Å²) in [4.78, 5) is 13.4. The summed E-state index contributed by atoms with van der Waals surface area (Å²) in [5.41, 5.74) is 1.95. The summed E-state index contributed by atoms with van der Waals surface area (Å²) >= 11 is 9.22. The monoisotopic (exact) mass is 428 g/mol. The first kappa shape index (κ1) is 17.3. The first-order valence-corrected chi connectivity index (χ1v) is 9.82. The SMILES string of the molecule is CC(=O)N1CCc2cc(Br)c(S(=O)(=O)Nc3cccc(Cl)c3)cc21. The maximum Gasteiger partial charge on any atom is 0.263 e. The Morgan fingerprint density at radius 2 is 2.04 bits per heavy atom. The number of halogens is 2. The number of amides is 1. The Balaban J connectivity index is 2.02. The summed E-state index contributed by atoms with van der Waals surface area (Å²) in [5.74, 6) is -0.109. The Hall–Kier alpha value is -1.57. The minimum atomic E-state index is -3.82. The Bertz CT molecular complexity index is 931. The molecule has 2 aromatic rings. The van der Waals surface area contributed by atoms with Gasteiger partial charge in [0.1, 0.15) is 4.90 Å². The van der Waals surface area contributed by atoms with Gasteiger partial charge < -0.3 is 4.90 Å². The van der Waals surface area contributed by atoms with Crippen molar-refractivity contribution in [3.8, 4) is 0 Å². The number of carbonyl (C=O) groups excluding carboxylic acids is 1. The molecule has 0 saturated heterocycles. The maximum atomic E-state index is 12.7. The van der Waals surface area contributed by atoms with Crippen LogP contribution in [0.25, 0.3) is 0 Å². The number of benzene rings is 2. The van der Waals surface area contributed by atoms with Gasteiger partial charge in [-0.15, -0.1) is 0 Å². The molecule has 0 atom stereocenters. The number of sulfonamides is 1. The third-order valence-electron chi connectivity index (χ3n) is 3.78. The number of fused-ring (bicyclic) bond motifs is 1. The van der Waals surface area contributed by atoms with Gasteiger partial charge in [0, 0.05) is 28.7 Å². The van der Waals surface area contributed by atoms with Crippen LogP contribution in [-0.2, 0) is 21.2 Å². The predicted molar refractivity (Wildman–Crippen MR) is 98.1 cm³/mol. The summed E-state index contributed by atoms with van der Waals surface area (Å²) in [5, 5.41) is 0.436. The van der Waals surface area contributed by atoms with Crippen LogP contribution < -0.4 is 9.62 Å². The Kier molecular flexibility index (Phi) is 4.59. The molecule has 1 N–H and O–H groups in total. The quantitative estimate of drug-likeness (QED) is 0.807. The number of anilines is 2. The molecule has 8 heteroatoms. The third kappa shape index (κ3) is 3.29. The lowest BCUT2D eigenvalue weighted by atomic mass is 10.2. The zero-order valence-corrected chi connectivity index (χ0v) is 15.9. The molecule has 0 radical (unpaired) electrons. The van der Waals surface area contributed by atoms with Crippen LogP contribution in [0, 0.1) is 0 Å². The highest BCUT2D eigenvalue weighted by molar-refractivity contribution is 9.10. The van der Waals surface area contributed by atoms with E-state index in [-0.39, 0.29) is 10.8 Å². The van der Waals surface area contributed by atoms with Crippen LogP contribution in [0.1, 0.15) is 12.5 Å². The fourth-order valence-electron chi connectivity index (χ4n) is 2.68. The van der Waals surface area contributed by atoms with Gasteiger partial charge in [-0.05, 0) is 58.2 Å². The second kappa shape index (κ2) is 6.38. The summed E-state index contributed by atoms with van der Waals surface area (Å²) in [6.07, 6.45) is 0.704. The van der Waals surface area contributed by atoms with Gasteiger partial charge in [-0.3, -0.25) is 9.52 Å². The number of hydrogen-bond acceptors (Lipinski definition) is 3. The summed E-state index contributed by atoms with van der Waals surface area (Å²) < 4.78 is 28.4. The molecule has 5 nitrogen and oxygen atoms in total. The van der Waals surface area contributed by atoms with Crippen LogP contribution in [0.3, 0.4) is 0 Å². The summed E-state index contributed by atoms with van der Waals surface area (Å²) in [7, 11) is -3.82. The standard InChI is InChI=1S/C16H14BrClN2O3S/c1-10(21)20-6-5-11-7-14(17)16(9-15(11)20)24(22,23)19-13-4-2-3-12(18)8-13/h2-4,7-9,19H,5-6H2,1H3. The number of carbonyl (C=O) groups is 1. The van der Waals surface area contributed by atoms with Crippen molar-refractivity contribution in [3.05, 3.63) is 51.5 Å². The lowest BCUT2D eigenvalue weighted by molar-refractivity contribution is -0.116. The molecule has 1 amide bonds. The molecule has 3 rings (SSSR count). The zero-order chi connectivity index (χ0) is 17.5. The van der Waals surface area contributed by atoms with E-state index >= 15 is 0 Å². The lowest BCUT2D eigenvalue weighted by Crippen LogP contribution is -2.26. The first-order chi connectivity index (χ1) is 11.3. The van der Waals surface area contributed by atoms with Gasteiger partial charge in [0.05, 0.1) is 5.69 Å². The van der Waals surface area contributed by atoms with E-state index in [2.05, 4.69) is 20.7 Å². The fraction of sp³-hybridized carbons (Fsp3) is 0.188. The Morgan fingerprint density at radius 3 is 2.71 bits per heavy atom. The van der Waals surface area contributed by atoms with E-state index in [1.54, 1.807) is 29.2 Å². The van der Waals surface area contributed by atoms with Crippen molar-refractivity contribution in [1.82, 2.24) is 0 Å². The largest absolute Gasteiger partial charge is 0.312 e. The van der Waals surface area contributed by atoms with E-state index in [1.807, 2.05) is 0 Å². The van der Waals surface area contributed by atoms with Crippen molar-refractivity contribution in [2.24, 2.45) is 0 Å². The molecule has 126 valence electrons. The van der Waals surface area contributed by atoms with Crippen LogP contribution in [-0.4, -0.2) is 20.9 Å². The van der Waals surface area contributed by atoms with Crippen molar-refractivity contribution >= 4 is 54.8 Å². The molecule has 1 heterocycles. The van der Waals surface area contributed by atoms with E-state index in [0.717, 1.165) is 5.56 Å². The average molecular weight is 430 g/mol. The van der Waals surface area contributed by atoms with E-state index in [9.17, 15) is 13.2 Å². The van der Waals surface area contributed by atoms with Crippen LogP contribution in [0.15, 0.2) is 45.8 Å². The average Bonchev–Trinajstić information content (AvgIpc) is 2.88. The van der Waals surface area contributed by atoms with Gasteiger partial charge in [0.15, 0.2) is 0 Å². The van der Waals surface area contributed by atoms with Gasteiger partial charge in [0.2, 0.25) is 5.91 Å². The molecule has 0 bridgehead atoms. The Labute approximate surface area is 153 Å². The van der Waals surface area contributed by atoms with Crippen LogP contribution in [0.2, 0.25) is 5.02 Å². The predicted octanol–water partition coefficient (Wildman–Crippen LogP) is 3.81. The van der Waals surface area contributed by atoms with Crippen LogP contribution in [0.4, 0.5) is 11.4 Å². The van der Waals surface area contributed by atoms with Crippen molar-refractivity contribution in [2.45, 2.75) is 18.2 Å². The van der Waals surface area contributed by atoms with Crippen molar-refractivity contribution in [2.75, 3.05) is 16.2 Å². The molecule has 1 aliphatic rings. The van der Waals surface area contributed by atoms with Crippen molar-refractivity contribution in [1.29, 1.82) is 0 Å². The van der Waals surface area contributed by atoms with E-state index in [4.69, 9.17) is 11.6 Å². The topological polar surface area (TPSA) is 66.5 Å². The highest BCUT2D eigenvalue weighted by atomic mass is 79.9. The third-order valence-corrected chi connectivity index (χ3v) is 6.35. The Morgan fingerprint density at radius 1 is 1.29 bits per heavy atom. The van der Waals surface area contributed by atoms with E-state index < -0.39 is 10.0 Å². The number of rotatable bonds is 3. The molecule has 1 aliphatic heterocycles. The van der Waals surface area contributed by atoms with Gasteiger partial charge in [-0.2, -0.15) is 0 Å². The molecule has 0 aliphatic carbocycles. The van der Waals surface area contributed by atoms with Crippen LogP contribution >= 0.6 is 27.5 Å². The summed E-state index contributed by atoms with van der Waals surface area (Å²) in [6.45, 7) is 2.03. The van der Waals surface area contributed by atoms with E-state index in [1.165, 1.54) is 19.1 Å². The minimum absolute atomic E-state index is 0.0781. The molecular formula is C16H14BrClN2O3S. The number of nitrogens with zero attached hydrogens (tertiary/aromatic N) is 1. The minimum Gasteiger partial charge on any atom is -0.312 e. The first-order valence-electron chi connectivity index (χ1n) is 7.17. The van der Waals surface area contributed by atoms with Crippen LogP contribution in [0.5, 0.6) is 0 Å². The fourth-order valence-corrected chi connectivity index (χ4v) is 5.03. The molecule has 0 aromatic heterocycles. The van der Waals surface area contributed by atoms with E-state index in [0.29, 0.717) is 33.8 Å². The number of nitrogens with one attached hydrogen (secondary N) is 1. The second-order valence-electron chi connectivity index (χ2n) is 5.45.